The molecule has 2 aromatic heterocycles. The minimum absolute atomic E-state index is 0.0963. The zero-order chi connectivity index (χ0) is 17.9. The number of nitrogens with one attached hydrogen (secondary N) is 1. The molecule has 3 N–H and O–H groups in total. The second-order valence-corrected chi connectivity index (χ2v) is 6.06. The molecule has 130 valence electrons. The fraction of sp³-hybridized carbons (Fsp3) is 0.500. The molecule has 6 heteroatoms. The number of aromatic nitrogens is 3. The minimum atomic E-state index is 0.0963. The fourth-order valence-electron chi connectivity index (χ4n) is 2.68. The second kappa shape index (κ2) is 7.47. The molecule has 0 aliphatic heterocycles. The van der Waals surface area contributed by atoms with E-state index in [-0.39, 0.29) is 6.10 Å². The summed E-state index contributed by atoms with van der Waals surface area (Å²) in [6.07, 6.45) is 1.91. The highest BCUT2D eigenvalue weighted by Gasteiger charge is 2.16. The van der Waals surface area contributed by atoms with Gasteiger partial charge in [-0.2, -0.15) is 4.98 Å². The molecule has 0 bridgehead atoms. The Morgan fingerprint density at radius 1 is 1.08 bits per heavy atom. The lowest BCUT2D eigenvalue weighted by molar-refractivity contribution is 0.186. The Hall–Kier alpha value is -2.37. The molecule has 0 saturated carbocycles. The standard InChI is InChI=1S/C18H27N5O/c1-7-14(8-2)24-18-15(19)17(21-13(6)22-18)23-16-10(3)9-11(4)20-12(16)5/h9,14H,7-8,19H2,1-6H3,(H,21,22,23). The monoisotopic (exact) mass is 329 g/mol. The van der Waals surface area contributed by atoms with Crippen LogP contribution in [0.2, 0.25) is 0 Å². The molecule has 0 amide bonds. The number of hydrogen-bond acceptors (Lipinski definition) is 6. The van der Waals surface area contributed by atoms with E-state index in [4.69, 9.17) is 10.5 Å². The predicted molar refractivity (Wildman–Crippen MR) is 97.9 cm³/mol. The normalized spacial score (nSPS) is 11.0. The third-order valence-corrected chi connectivity index (χ3v) is 3.98. The fourth-order valence-corrected chi connectivity index (χ4v) is 2.68. The summed E-state index contributed by atoms with van der Waals surface area (Å²) in [5.41, 5.74) is 10.6. The average molecular weight is 329 g/mol. The van der Waals surface area contributed by atoms with E-state index in [0.717, 1.165) is 35.5 Å². The van der Waals surface area contributed by atoms with Gasteiger partial charge in [-0.05, 0) is 52.2 Å². The Morgan fingerprint density at radius 3 is 2.33 bits per heavy atom. The summed E-state index contributed by atoms with van der Waals surface area (Å²) in [4.78, 5) is 13.3. The first kappa shape index (κ1) is 18.0. The van der Waals surface area contributed by atoms with Gasteiger partial charge in [0.05, 0.1) is 11.4 Å². The highest BCUT2D eigenvalue weighted by molar-refractivity contribution is 5.74. The van der Waals surface area contributed by atoms with E-state index in [0.29, 0.717) is 23.2 Å². The SMILES string of the molecule is CCC(CC)Oc1nc(C)nc(Nc2c(C)cc(C)nc2C)c1N. The molecule has 2 heterocycles. The van der Waals surface area contributed by atoms with Gasteiger partial charge in [0.25, 0.3) is 0 Å². The molecule has 2 aromatic rings. The summed E-state index contributed by atoms with van der Waals surface area (Å²) in [6.45, 7) is 12.0. The van der Waals surface area contributed by atoms with E-state index in [9.17, 15) is 0 Å². The van der Waals surface area contributed by atoms with Crippen molar-refractivity contribution in [2.75, 3.05) is 11.1 Å². The van der Waals surface area contributed by atoms with Crippen LogP contribution in [-0.4, -0.2) is 21.1 Å². The van der Waals surface area contributed by atoms with Crippen molar-refractivity contribution in [3.05, 3.63) is 28.8 Å². The van der Waals surface area contributed by atoms with Gasteiger partial charge in [-0.1, -0.05) is 13.8 Å². The third-order valence-electron chi connectivity index (χ3n) is 3.98. The predicted octanol–water partition coefficient (Wildman–Crippen LogP) is 4.00. The highest BCUT2D eigenvalue weighted by atomic mass is 16.5. The van der Waals surface area contributed by atoms with Gasteiger partial charge in [0.15, 0.2) is 5.82 Å². The molecule has 0 spiro atoms. The molecule has 0 saturated heterocycles. The molecule has 0 fully saturated rings. The number of rotatable bonds is 6. The number of hydrogen-bond donors (Lipinski definition) is 2. The zero-order valence-corrected chi connectivity index (χ0v) is 15.4. The van der Waals surface area contributed by atoms with Crippen molar-refractivity contribution >= 4 is 17.2 Å². The molecular weight excluding hydrogens is 302 g/mol. The Kier molecular flexibility index (Phi) is 5.59. The summed E-state index contributed by atoms with van der Waals surface area (Å²) >= 11 is 0. The Balaban J connectivity index is 2.39. The number of nitrogens with two attached hydrogens (primary N) is 1. The van der Waals surface area contributed by atoms with Gasteiger partial charge in [0.2, 0.25) is 5.88 Å². The summed E-state index contributed by atoms with van der Waals surface area (Å²) < 4.78 is 5.95. The second-order valence-electron chi connectivity index (χ2n) is 6.06. The van der Waals surface area contributed by atoms with Crippen LogP contribution in [0.3, 0.4) is 0 Å². The molecular formula is C18H27N5O. The molecule has 0 atom stereocenters. The highest BCUT2D eigenvalue weighted by Crippen LogP contribution is 2.31. The molecule has 0 aliphatic carbocycles. The van der Waals surface area contributed by atoms with E-state index in [1.165, 1.54) is 0 Å². The van der Waals surface area contributed by atoms with Gasteiger partial charge in [0.1, 0.15) is 17.6 Å². The number of pyridine rings is 1. The van der Waals surface area contributed by atoms with Gasteiger partial charge >= 0.3 is 0 Å². The Morgan fingerprint density at radius 2 is 1.75 bits per heavy atom. The van der Waals surface area contributed by atoms with Crippen LogP contribution in [0.25, 0.3) is 0 Å². The van der Waals surface area contributed by atoms with Crippen LogP contribution in [-0.2, 0) is 0 Å². The van der Waals surface area contributed by atoms with E-state index >= 15 is 0 Å². The first-order valence-electron chi connectivity index (χ1n) is 8.38. The first-order chi connectivity index (χ1) is 11.3. The Bertz CT molecular complexity index is 703. The van der Waals surface area contributed by atoms with Crippen molar-refractivity contribution < 1.29 is 4.74 Å². The molecule has 6 nitrogen and oxygen atoms in total. The maximum atomic E-state index is 6.25. The summed E-state index contributed by atoms with van der Waals surface area (Å²) in [7, 11) is 0. The number of ether oxygens (including phenoxy) is 1. The molecule has 2 rings (SSSR count). The summed E-state index contributed by atoms with van der Waals surface area (Å²) in [5, 5.41) is 3.31. The molecule has 0 radical (unpaired) electrons. The van der Waals surface area contributed by atoms with Crippen LogP contribution < -0.4 is 15.8 Å². The largest absolute Gasteiger partial charge is 0.473 e. The molecule has 24 heavy (non-hydrogen) atoms. The summed E-state index contributed by atoms with van der Waals surface area (Å²) in [5.74, 6) is 1.61. The maximum absolute atomic E-state index is 6.25. The lowest BCUT2D eigenvalue weighted by atomic mass is 10.1. The summed E-state index contributed by atoms with van der Waals surface area (Å²) in [6, 6.07) is 2.03. The minimum Gasteiger partial charge on any atom is -0.473 e. The van der Waals surface area contributed by atoms with Gasteiger partial charge in [0, 0.05) is 5.69 Å². The lowest BCUT2D eigenvalue weighted by Crippen LogP contribution is -2.17. The topological polar surface area (TPSA) is 86.0 Å². The van der Waals surface area contributed by atoms with Gasteiger partial charge in [-0.25, -0.2) is 4.98 Å². The van der Waals surface area contributed by atoms with E-state index < -0.39 is 0 Å². The van der Waals surface area contributed by atoms with Crippen LogP contribution in [0.1, 0.15) is 49.5 Å². The van der Waals surface area contributed by atoms with Crippen molar-refractivity contribution in [2.24, 2.45) is 0 Å². The molecule has 0 aromatic carbocycles. The van der Waals surface area contributed by atoms with Crippen molar-refractivity contribution in [1.82, 2.24) is 15.0 Å². The van der Waals surface area contributed by atoms with Crippen LogP contribution in [0.4, 0.5) is 17.2 Å². The van der Waals surface area contributed by atoms with Crippen LogP contribution in [0.5, 0.6) is 5.88 Å². The third kappa shape index (κ3) is 3.93. The van der Waals surface area contributed by atoms with Crippen LogP contribution >= 0.6 is 0 Å². The van der Waals surface area contributed by atoms with Crippen molar-refractivity contribution in [3.8, 4) is 5.88 Å². The number of nitrogen functional groups attached to an aromatic ring is 1. The molecule has 0 aliphatic rings. The Labute approximate surface area is 143 Å². The quantitative estimate of drug-likeness (QED) is 0.833. The van der Waals surface area contributed by atoms with Crippen LogP contribution in [0, 0.1) is 27.7 Å². The lowest BCUT2D eigenvalue weighted by Gasteiger charge is -2.19. The zero-order valence-electron chi connectivity index (χ0n) is 15.4. The van der Waals surface area contributed by atoms with Crippen molar-refractivity contribution in [2.45, 2.75) is 60.5 Å². The number of aryl methyl sites for hydroxylation is 4. The smallest absolute Gasteiger partial charge is 0.243 e. The van der Waals surface area contributed by atoms with E-state index in [1.54, 1.807) is 0 Å². The van der Waals surface area contributed by atoms with E-state index in [2.05, 4.69) is 34.1 Å². The first-order valence-corrected chi connectivity index (χ1v) is 8.38. The number of anilines is 3. The van der Waals surface area contributed by atoms with Crippen molar-refractivity contribution in [1.29, 1.82) is 0 Å². The van der Waals surface area contributed by atoms with E-state index in [1.807, 2.05) is 33.8 Å². The van der Waals surface area contributed by atoms with Crippen molar-refractivity contribution in [3.63, 3.8) is 0 Å². The van der Waals surface area contributed by atoms with Gasteiger partial charge in [-0.15, -0.1) is 0 Å². The average Bonchev–Trinajstić information content (AvgIpc) is 2.52. The van der Waals surface area contributed by atoms with Crippen LogP contribution in [0.15, 0.2) is 6.07 Å². The van der Waals surface area contributed by atoms with Gasteiger partial charge in [-0.3, -0.25) is 4.98 Å². The van der Waals surface area contributed by atoms with Gasteiger partial charge < -0.3 is 15.8 Å². The number of nitrogens with zero attached hydrogens (tertiary/aromatic N) is 3. The maximum Gasteiger partial charge on any atom is 0.243 e. The molecule has 0 unspecified atom stereocenters.